The van der Waals surface area contributed by atoms with Crippen molar-refractivity contribution in [1.29, 1.82) is 0 Å². The molecular weight excluding hydrogens is 212 g/mol. The first kappa shape index (κ1) is 14.7. The van der Waals surface area contributed by atoms with E-state index in [1.54, 1.807) is 7.11 Å². The third kappa shape index (κ3) is 6.81. The lowest BCUT2D eigenvalue weighted by molar-refractivity contribution is 0.145. The van der Waals surface area contributed by atoms with Gasteiger partial charge in [0.15, 0.2) is 0 Å². The minimum atomic E-state index is 0.645. The summed E-state index contributed by atoms with van der Waals surface area (Å²) in [4.78, 5) is 2.43. The van der Waals surface area contributed by atoms with E-state index in [9.17, 15) is 0 Å². The summed E-state index contributed by atoms with van der Waals surface area (Å²) in [5.41, 5.74) is 0. The van der Waals surface area contributed by atoms with Crippen LogP contribution in [-0.2, 0) is 4.74 Å². The molecule has 1 unspecified atom stereocenters. The maximum Gasteiger partial charge on any atom is 0.0589 e. The molecule has 1 fully saturated rings. The first-order valence-electron chi connectivity index (χ1n) is 6.92. The first-order chi connectivity index (χ1) is 8.36. The van der Waals surface area contributed by atoms with Crippen molar-refractivity contribution in [3.8, 4) is 0 Å². The fourth-order valence-electron chi connectivity index (χ4n) is 2.41. The topological polar surface area (TPSA) is 24.5 Å². The first-order valence-corrected chi connectivity index (χ1v) is 6.92. The Morgan fingerprint density at radius 1 is 1.35 bits per heavy atom. The fourth-order valence-corrected chi connectivity index (χ4v) is 2.41. The zero-order valence-electron chi connectivity index (χ0n) is 11.3. The number of rotatable bonds is 7. The fraction of sp³-hybridized carbons (Fsp3) is 0.857. The van der Waals surface area contributed by atoms with E-state index in [-0.39, 0.29) is 0 Å². The third-order valence-corrected chi connectivity index (χ3v) is 3.39. The van der Waals surface area contributed by atoms with Gasteiger partial charge in [-0.1, -0.05) is 25.3 Å². The Hall–Kier alpha value is -0.380. The Morgan fingerprint density at radius 2 is 2.18 bits per heavy atom. The lowest BCUT2D eigenvalue weighted by Crippen LogP contribution is -2.43. The molecule has 17 heavy (non-hydrogen) atoms. The van der Waals surface area contributed by atoms with Crippen molar-refractivity contribution in [3.05, 3.63) is 12.7 Å². The summed E-state index contributed by atoms with van der Waals surface area (Å²) in [6.45, 7) is 8.90. The zero-order valence-corrected chi connectivity index (χ0v) is 11.3. The predicted octanol–water partition coefficient (Wildman–Crippen LogP) is 2.04. The Balaban J connectivity index is 2.31. The SMILES string of the molecule is C=CCN(CCOC)CC1CCCCCCN1. The van der Waals surface area contributed by atoms with Crippen molar-refractivity contribution in [3.63, 3.8) is 0 Å². The average molecular weight is 240 g/mol. The number of nitrogens with one attached hydrogen (secondary N) is 1. The second kappa shape index (κ2) is 9.63. The van der Waals surface area contributed by atoms with Gasteiger partial charge in [-0.25, -0.2) is 0 Å². The highest BCUT2D eigenvalue weighted by Gasteiger charge is 2.14. The van der Waals surface area contributed by atoms with Gasteiger partial charge in [-0.2, -0.15) is 0 Å². The van der Waals surface area contributed by atoms with Crippen LogP contribution in [0.4, 0.5) is 0 Å². The molecule has 0 radical (unpaired) electrons. The van der Waals surface area contributed by atoms with Crippen molar-refractivity contribution >= 4 is 0 Å². The maximum atomic E-state index is 5.16. The molecule has 100 valence electrons. The Morgan fingerprint density at radius 3 is 2.94 bits per heavy atom. The van der Waals surface area contributed by atoms with Gasteiger partial charge in [0.1, 0.15) is 0 Å². The summed E-state index contributed by atoms with van der Waals surface area (Å²) in [7, 11) is 1.76. The Kier molecular flexibility index (Phi) is 8.32. The minimum absolute atomic E-state index is 0.645. The molecule has 1 N–H and O–H groups in total. The third-order valence-electron chi connectivity index (χ3n) is 3.39. The number of ether oxygens (including phenoxy) is 1. The van der Waals surface area contributed by atoms with Gasteiger partial charge in [0, 0.05) is 32.8 Å². The smallest absolute Gasteiger partial charge is 0.0589 e. The standard InChI is InChI=1S/C14H28N2O/c1-3-10-16(11-12-17-2)13-14-8-6-4-5-7-9-15-14/h3,14-15H,1,4-13H2,2H3. The summed E-state index contributed by atoms with van der Waals surface area (Å²) in [6, 6.07) is 0.645. The molecule has 3 nitrogen and oxygen atoms in total. The van der Waals surface area contributed by atoms with Gasteiger partial charge < -0.3 is 10.1 Å². The number of hydrogen-bond donors (Lipinski definition) is 1. The molecule has 0 amide bonds. The molecule has 1 aliphatic rings. The van der Waals surface area contributed by atoms with Crippen molar-refractivity contribution in [2.75, 3.05) is 39.9 Å². The maximum absolute atomic E-state index is 5.16. The van der Waals surface area contributed by atoms with Crippen LogP contribution in [0.3, 0.4) is 0 Å². The van der Waals surface area contributed by atoms with Crippen molar-refractivity contribution < 1.29 is 4.74 Å². The molecule has 0 aromatic carbocycles. The molecule has 1 heterocycles. The van der Waals surface area contributed by atoms with Gasteiger partial charge in [0.2, 0.25) is 0 Å². The highest BCUT2D eigenvalue weighted by atomic mass is 16.5. The van der Waals surface area contributed by atoms with E-state index in [0.717, 1.165) is 26.2 Å². The molecular formula is C14H28N2O. The van der Waals surface area contributed by atoms with Crippen molar-refractivity contribution in [2.45, 2.75) is 38.1 Å². The molecule has 1 saturated heterocycles. The van der Waals surface area contributed by atoms with Gasteiger partial charge in [0.05, 0.1) is 6.61 Å². The quantitative estimate of drug-likeness (QED) is 0.689. The molecule has 3 heteroatoms. The number of hydrogen-bond acceptors (Lipinski definition) is 3. The Bertz CT molecular complexity index is 189. The molecule has 1 atom stereocenters. The van der Waals surface area contributed by atoms with E-state index in [1.165, 1.54) is 38.6 Å². The van der Waals surface area contributed by atoms with Gasteiger partial charge >= 0.3 is 0 Å². The highest BCUT2D eigenvalue weighted by molar-refractivity contribution is 4.79. The molecule has 1 aliphatic heterocycles. The van der Waals surface area contributed by atoms with Crippen LogP contribution in [0, 0.1) is 0 Å². The van der Waals surface area contributed by atoms with Crippen molar-refractivity contribution in [2.24, 2.45) is 0 Å². The normalized spacial score (nSPS) is 22.1. The molecule has 0 aromatic heterocycles. The van der Waals surface area contributed by atoms with Crippen LogP contribution in [0.2, 0.25) is 0 Å². The lowest BCUT2D eigenvalue weighted by atomic mass is 10.0. The molecule has 0 aliphatic carbocycles. The van der Waals surface area contributed by atoms with Gasteiger partial charge in [-0.3, -0.25) is 4.90 Å². The largest absolute Gasteiger partial charge is 0.383 e. The average Bonchev–Trinajstić information content (AvgIpc) is 2.29. The van der Waals surface area contributed by atoms with Gasteiger partial charge in [-0.15, -0.1) is 6.58 Å². The number of methoxy groups -OCH3 is 1. The molecule has 1 rings (SSSR count). The summed E-state index contributed by atoms with van der Waals surface area (Å²) in [5.74, 6) is 0. The molecule has 0 saturated carbocycles. The van der Waals surface area contributed by atoms with Crippen molar-refractivity contribution in [1.82, 2.24) is 10.2 Å². The van der Waals surface area contributed by atoms with Crippen LogP contribution in [-0.4, -0.2) is 50.8 Å². The van der Waals surface area contributed by atoms with Gasteiger partial charge in [0.25, 0.3) is 0 Å². The molecule has 0 aromatic rings. The molecule has 0 spiro atoms. The summed E-state index contributed by atoms with van der Waals surface area (Å²) in [6.07, 6.45) is 8.77. The van der Waals surface area contributed by atoms with E-state index < -0.39 is 0 Å². The van der Waals surface area contributed by atoms with E-state index in [2.05, 4.69) is 16.8 Å². The van der Waals surface area contributed by atoms with Crippen LogP contribution in [0.25, 0.3) is 0 Å². The second-order valence-corrected chi connectivity index (χ2v) is 4.89. The van der Waals surface area contributed by atoms with Crippen LogP contribution in [0.5, 0.6) is 0 Å². The van der Waals surface area contributed by atoms with E-state index in [4.69, 9.17) is 4.74 Å². The Labute approximate surface area is 106 Å². The highest BCUT2D eigenvalue weighted by Crippen LogP contribution is 2.10. The zero-order chi connectivity index (χ0) is 12.3. The van der Waals surface area contributed by atoms with Crippen LogP contribution in [0.15, 0.2) is 12.7 Å². The summed E-state index contributed by atoms with van der Waals surface area (Å²) in [5, 5.41) is 3.67. The van der Waals surface area contributed by atoms with E-state index >= 15 is 0 Å². The molecule has 0 bridgehead atoms. The van der Waals surface area contributed by atoms with E-state index in [0.29, 0.717) is 6.04 Å². The van der Waals surface area contributed by atoms with Crippen LogP contribution < -0.4 is 5.32 Å². The lowest BCUT2D eigenvalue weighted by Gasteiger charge is -2.28. The number of nitrogens with zero attached hydrogens (tertiary/aromatic N) is 1. The predicted molar refractivity (Wildman–Crippen MR) is 73.4 cm³/mol. The van der Waals surface area contributed by atoms with Crippen LogP contribution in [0.1, 0.15) is 32.1 Å². The monoisotopic (exact) mass is 240 g/mol. The second-order valence-electron chi connectivity index (χ2n) is 4.89. The van der Waals surface area contributed by atoms with E-state index in [1.807, 2.05) is 6.08 Å². The minimum Gasteiger partial charge on any atom is -0.383 e. The van der Waals surface area contributed by atoms with Crippen LogP contribution >= 0.6 is 0 Å². The van der Waals surface area contributed by atoms with Gasteiger partial charge in [-0.05, 0) is 19.4 Å². The summed E-state index contributed by atoms with van der Waals surface area (Å²) < 4.78 is 5.16. The summed E-state index contributed by atoms with van der Waals surface area (Å²) >= 11 is 0.